The third-order valence-electron chi connectivity index (χ3n) is 2.59. The molecule has 0 aliphatic carbocycles. The molecule has 2 N–H and O–H groups in total. The molecular weight excluding hydrogens is 242 g/mol. The van der Waals surface area contributed by atoms with Gasteiger partial charge >= 0.3 is 0 Å². The molecule has 0 aromatic carbocycles. The van der Waals surface area contributed by atoms with Crippen LogP contribution in [0.3, 0.4) is 0 Å². The number of anilines is 1. The smallest absolute Gasteiger partial charge is 0.247 e. The molecule has 5 nitrogen and oxygen atoms in total. The molecule has 1 aromatic heterocycles. The van der Waals surface area contributed by atoms with Crippen LogP contribution in [0.1, 0.15) is 33.3 Å². The molecule has 2 amide bonds. The van der Waals surface area contributed by atoms with Gasteiger partial charge in [-0.05, 0) is 31.5 Å². The molecule has 1 aromatic rings. The molecule has 19 heavy (non-hydrogen) atoms. The SMILES string of the molecule is Cc1ccnc(NC(=O)C(C)NC(=O)C(C)(C)C)c1. The molecule has 0 aliphatic rings. The molecule has 1 atom stereocenters. The molecule has 1 unspecified atom stereocenters. The third kappa shape index (κ3) is 4.69. The van der Waals surface area contributed by atoms with Crippen molar-refractivity contribution in [1.29, 1.82) is 0 Å². The van der Waals surface area contributed by atoms with Crippen LogP contribution >= 0.6 is 0 Å². The van der Waals surface area contributed by atoms with E-state index in [-0.39, 0.29) is 11.8 Å². The van der Waals surface area contributed by atoms with Crippen molar-refractivity contribution in [2.75, 3.05) is 5.32 Å². The molecule has 1 rings (SSSR count). The first-order valence-corrected chi connectivity index (χ1v) is 6.24. The summed E-state index contributed by atoms with van der Waals surface area (Å²) < 4.78 is 0. The van der Waals surface area contributed by atoms with Gasteiger partial charge in [-0.1, -0.05) is 20.8 Å². The lowest BCUT2D eigenvalue weighted by molar-refractivity contribution is -0.131. The predicted molar refractivity (Wildman–Crippen MR) is 74.7 cm³/mol. The molecule has 0 radical (unpaired) electrons. The largest absolute Gasteiger partial charge is 0.344 e. The molecular formula is C14H21N3O2. The highest BCUT2D eigenvalue weighted by Crippen LogP contribution is 2.13. The number of aromatic nitrogens is 1. The maximum atomic E-state index is 11.9. The van der Waals surface area contributed by atoms with Gasteiger partial charge in [-0.2, -0.15) is 0 Å². The number of carbonyl (C=O) groups is 2. The summed E-state index contributed by atoms with van der Waals surface area (Å²) in [5.41, 5.74) is 0.493. The molecule has 104 valence electrons. The van der Waals surface area contributed by atoms with Crippen LogP contribution < -0.4 is 10.6 Å². The normalized spacial score (nSPS) is 12.7. The summed E-state index contributed by atoms with van der Waals surface area (Å²) in [5, 5.41) is 5.35. The van der Waals surface area contributed by atoms with Crippen LogP contribution in [0.4, 0.5) is 5.82 Å². The highest BCUT2D eigenvalue weighted by molar-refractivity contribution is 5.96. The van der Waals surface area contributed by atoms with Crippen molar-refractivity contribution in [3.05, 3.63) is 23.9 Å². The lowest BCUT2D eigenvalue weighted by Crippen LogP contribution is -2.46. The van der Waals surface area contributed by atoms with E-state index < -0.39 is 11.5 Å². The van der Waals surface area contributed by atoms with Crippen molar-refractivity contribution in [1.82, 2.24) is 10.3 Å². The molecule has 0 saturated carbocycles. The Hall–Kier alpha value is -1.91. The van der Waals surface area contributed by atoms with E-state index in [0.29, 0.717) is 5.82 Å². The molecule has 5 heteroatoms. The van der Waals surface area contributed by atoms with Crippen LogP contribution in [-0.2, 0) is 9.59 Å². The van der Waals surface area contributed by atoms with E-state index >= 15 is 0 Å². The minimum atomic E-state index is -0.603. The Morgan fingerprint density at radius 3 is 2.47 bits per heavy atom. The summed E-state index contributed by atoms with van der Waals surface area (Å²) in [7, 11) is 0. The van der Waals surface area contributed by atoms with Gasteiger partial charge in [0.2, 0.25) is 11.8 Å². The Labute approximate surface area is 113 Å². The van der Waals surface area contributed by atoms with Gasteiger partial charge in [0.1, 0.15) is 11.9 Å². The highest BCUT2D eigenvalue weighted by atomic mass is 16.2. The molecule has 0 spiro atoms. The van der Waals surface area contributed by atoms with Crippen molar-refractivity contribution in [3.8, 4) is 0 Å². The van der Waals surface area contributed by atoms with Crippen LogP contribution in [0, 0.1) is 12.3 Å². The van der Waals surface area contributed by atoms with E-state index in [1.807, 2.05) is 13.0 Å². The minimum Gasteiger partial charge on any atom is -0.344 e. The summed E-state index contributed by atoms with van der Waals surface area (Å²) in [6.07, 6.45) is 1.63. The number of aryl methyl sites for hydroxylation is 1. The zero-order valence-electron chi connectivity index (χ0n) is 12.1. The van der Waals surface area contributed by atoms with Crippen LogP contribution in [0.5, 0.6) is 0 Å². The first-order valence-electron chi connectivity index (χ1n) is 6.24. The van der Waals surface area contributed by atoms with Gasteiger partial charge in [0.15, 0.2) is 0 Å². The van der Waals surface area contributed by atoms with Crippen molar-refractivity contribution in [3.63, 3.8) is 0 Å². The van der Waals surface area contributed by atoms with Gasteiger partial charge in [0, 0.05) is 11.6 Å². The molecule has 0 aliphatic heterocycles. The number of nitrogens with one attached hydrogen (secondary N) is 2. The van der Waals surface area contributed by atoms with Gasteiger partial charge in [0.05, 0.1) is 0 Å². The van der Waals surface area contributed by atoms with Gasteiger partial charge in [-0.25, -0.2) is 4.98 Å². The first-order chi connectivity index (χ1) is 8.70. The van der Waals surface area contributed by atoms with Crippen molar-refractivity contribution < 1.29 is 9.59 Å². The molecule has 0 saturated heterocycles. The Bertz CT molecular complexity index is 478. The summed E-state index contributed by atoms with van der Waals surface area (Å²) in [4.78, 5) is 27.7. The Morgan fingerprint density at radius 2 is 1.95 bits per heavy atom. The number of hydrogen-bond acceptors (Lipinski definition) is 3. The topological polar surface area (TPSA) is 71.1 Å². The fraction of sp³-hybridized carbons (Fsp3) is 0.500. The number of hydrogen-bond donors (Lipinski definition) is 2. The van der Waals surface area contributed by atoms with Gasteiger partial charge in [-0.3, -0.25) is 9.59 Å². The third-order valence-corrected chi connectivity index (χ3v) is 2.59. The fourth-order valence-electron chi connectivity index (χ4n) is 1.32. The van der Waals surface area contributed by atoms with Crippen LogP contribution in [0.2, 0.25) is 0 Å². The zero-order chi connectivity index (χ0) is 14.6. The summed E-state index contributed by atoms with van der Waals surface area (Å²) in [6, 6.07) is 3.02. The number of carbonyl (C=O) groups excluding carboxylic acids is 2. The Morgan fingerprint density at radius 1 is 1.32 bits per heavy atom. The van der Waals surface area contributed by atoms with Crippen molar-refractivity contribution >= 4 is 17.6 Å². The van der Waals surface area contributed by atoms with Crippen molar-refractivity contribution in [2.45, 2.75) is 40.7 Å². The van der Waals surface area contributed by atoms with E-state index in [2.05, 4.69) is 15.6 Å². The second-order valence-electron chi connectivity index (χ2n) is 5.65. The summed E-state index contributed by atoms with van der Waals surface area (Å²) >= 11 is 0. The Kier molecular flexibility index (Phi) is 4.64. The summed E-state index contributed by atoms with van der Waals surface area (Å²) in [5.74, 6) is 0.0462. The van der Waals surface area contributed by atoms with E-state index in [4.69, 9.17) is 0 Å². The quantitative estimate of drug-likeness (QED) is 0.874. The van der Waals surface area contributed by atoms with E-state index in [9.17, 15) is 9.59 Å². The lowest BCUT2D eigenvalue weighted by Gasteiger charge is -2.21. The monoisotopic (exact) mass is 263 g/mol. The zero-order valence-corrected chi connectivity index (χ0v) is 12.1. The maximum absolute atomic E-state index is 11.9. The number of amides is 2. The predicted octanol–water partition coefficient (Wildman–Crippen LogP) is 1.88. The van der Waals surface area contributed by atoms with Crippen LogP contribution in [0.15, 0.2) is 18.3 Å². The molecule has 0 fully saturated rings. The first kappa shape index (κ1) is 15.1. The number of nitrogens with zero attached hydrogens (tertiary/aromatic N) is 1. The van der Waals surface area contributed by atoms with Gasteiger partial charge in [0.25, 0.3) is 0 Å². The van der Waals surface area contributed by atoms with Crippen LogP contribution in [0.25, 0.3) is 0 Å². The summed E-state index contributed by atoms with van der Waals surface area (Å²) in [6.45, 7) is 8.97. The second kappa shape index (κ2) is 5.82. The average molecular weight is 263 g/mol. The van der Waals surface area contributed by atoms with E-state index in [0.717, 1.165) is 5.56 Å². The second-order valence-corrected chi connectivity index (χ2v) is 5.65. The van der Waals surface area contributed by atoms with E-state index in [1.54, 1.807) is 40.0 Å². The number of rotatable bonds is 3. The average Bonchev–Trinajstić information content (AvgIpc) is 2.27. The molecule has 1 heterocycles. The maximum Gasteiger partial charge on any atom is 0.247 e. The highest BCUT2D eigenvalue weighted by Gasteiger charge is 2.25. The van der Waals surface area contributed by atoms with Gasteiger partial charge in [-0.15, -0.1) is 0 Å². The number of pyridine rings is 1. The fourth-order valence-corrected chi connectivity index (χ4v) is 1.32. The van der Waals surface area contributed by atoms with E-state index in [1.165, 1.54) is 0 Å². The van der Waals surface area contributed by atoms with Crippen molar-refractivity contribution in [2.24, 2.45) is 5.41 Å². The molecule has 0 bridgehead atoms. The Balaban J connectivity index is 2.61. The standard InChI is InChI=1S/C14H21N3O2/c1-9-6-7-15-11(8-9)17-12(18)10(2)16-13(19)14(3,4)5/h6-8,10H,1-5H3,(H,16,19)(H,15,17,18). The van der Waals surface area contributed by atoms with Crippen LogP contribution in [-0.4, -0.2) is 22.8 Å². The minimum absolute atomic E-state index is 0.160. The van der Waals surface area contributed by atoms with Gasteiger partial charge < -0.3 is 10.6 Å². The lowest BCUT2D eigenvalue weighted by atomic mass is 9.95.